The van der Waals surface area contributed by atoms with Gasteiger partial charge in [-0.3, -0.25) is 0 Å². The highest BCUT2D eigenvalue weighted by atomic mass is 32.2. The van der Waals surface area contributed by atoms with Gasteiger partial charge in [0.05, 0.1) is 4.90 Å². The first kappa shape index (κ1) is 16.0. The van der Waals surface area contributed by atoms with E-state index in [-0.39, 0.29) is 17.5 Å². The van der Waals surface area contributed by atoms with E-state index in [1.54, 1.807) is 31.3 Å². The van der Waals surface area contributed by atoms with Gasteiger partial charge in [-0.2, -0.15) is 4.31 Å². The van der Waals surface area contributed by atoms with Crippen LogP contribution in [0.4, 0.5) is 0 Å². The third-order valence-corrected chi connectivity index (χ3v) is 5.47. The molecule has 1 saturated heterocycles. The Balaban J connectivity index is 2.18. The number of aliphatic hydroxyl groups excluding tert-OH is 1. The Kier molecular flexibility index (Phi) is 5.37. The highest BCUT2D eigenvalue weighted by Gasteiger charge is 2.29. The Bertz CT molecular complexity index is 622. The minimum atomic E-state index is -3.50. The summed E-state index contributed by atoms with van der Waals surface area (Å²) in [5, 5.41) is 8.64. The first-order chi connectivity index (χ1) is 10.1. The number of aliphatic hydroxyl groups is 1. The quantitative estimate of drug-likeness (QED) is 0.840. The Morgan fingerprint density at radius 3 is 2.48 bits per heavy atom. The van der Waals surface area contributed by atoms with E-state index in [2.05, 4.69) is 11.8 Å². The van der Waals surface area contributed by atoms with Crippen LogP contribution in [0.5, 0.6) is 0 Å². The molecular weight excluding hydrogens is 290 g/mol. The van der Waals surface area contributed by atoms with E-state index in [1.165, 1.54) is 4.31 Å². The highest BCUT2D eigenvalue weighted by Crippen LogP contribution is 2.22. The van der Waals surface area contributed by atoms with Gasteiger partial charge < -0.3 is 9.84 Å². The lowest BCUT2D eigenvalue weighted by Crippen LogP contribution is -2.40. The molecule has 6 heteroatoms. The molecule has 2 rings (SSSR count). The zero-order chi connectivity index (χ0) is 15.3. The summed E-state index contributed by atoms with van der Waals surface area (Å²) in [6.45, 7) is 0.979. The maximum atomic E-state index is 12.6. The lowest BCUT2D eigenvalue weighted by atomic mass is 10.1. The number of hydrogen-bond donors (Lipinski definition) is 1. The van der Waals surface area contributed by atoms with E-state index in [0.29, 0.717) is 18.8 Å². The molecule has 0 saturated carbocycles. The minimum absolute atomic E-state index is 0.0161. The molecule has 0 spiro atoms. The SMILES string of the molecule is CN(C1CCOCC1)S(=O)(=O)c1ccc(C#CCO)cc1. The first-order valence-corrected chi connectivity index (χ1v) is 8.25. The van der Waals surface area contributed by atoms with Crippen LogP contribution in [-0.2, 0) is 14.8 Å². The van der Waals surface area contributed by atoms with Gasteiger partial charge in [0, 0.05) is 31.9 Å². The molecule has 0 amide bonds. The predicted octanol–water partition coefficient (Wildman–Crippen LogP) is 0.830. The Morgan fingerprint density at radius 2 is 1.90 bits per heavy atom. The van der Waals surface area contributed by atoms with Crippen LogP contribution in [0.1, 0.15) is 18.4 Å². The molecule has 0 bridgehead atoms. The molecule has 0 aromatic heterocycles. The van der Waals surface area contributed by atoms with Crippen LogP contribution < -0.4 is 0 Å². The van der Waals surface area contributed by atoms with Gasteiger partial charge >= 0.3 is 0 Å². The van der Waals surface area contributed by atoms with E-state index >= 15 is 0 Å². The Labute approximate surface area is 125 Å². The van der Waals surface area contributed by atoms with E-state index in [4.69, 9.17) is 9.84 Å². The van der Waals surface area contributed by atoms with Gasteiger partial charge in [0.25, 0.3) is 0 Å². The van der Waals surface area contributed by atoms with Crippen LogP contribution in [0, 0.1) is 11.8 Å². The van der Waals surface area contributed by atoms with Crippen molar-refractivity contribution in [2.75, 3.05) is 26.9 Å². The summed E-state index contributed by atoms with van der Waals surface area (Å²) >= 11 is 0. The van der Waals surface area contributed by atoms with Gasteiger partial charge in [0.2, 0.25) is 10.0 Å². The number of rotatable bonds is 3. The molecule has 0 atom stereocenters. The molecule has 1 aliphatic heterocycles. The van der Waals surface area contributed by atoms with E-state index in [9.17, 15) is 8.42 Å². The zero-order valence-electron chi connectivity index (χ0n) is 11.9. The van der Waals surface area contributed by atoms with Crippen molar-refractivity contribution in [3.05, 3.63) is 29.8 Å². The molecule has 0 unspecified atom stereocenters. The standard InChI is InChI=1S/C15H19NO4S/c1-16(14-8-11-20-12-9-14)21(18,19)15-6-4-13(5-7-15)3-2-10-17/h4-7,14,17H,8-12H2,1H3. The molecule has 1 fully saturated rings. The Hall–Kier alpha value is -1.39. The largest absolute Gasteiger partial charge is 0.384 e. The lowest BCUT2D eigenvalue weighted by molar-refractivity contribution is 0.0632. The maximum absolute atomic E-state index is 12.6. The average molecular weight is 309 g/mol. The maximum Gasteiger partial charge on any atom is 0.243 e. The summed E-state index contributed by atoms with van der Waals surface area (Å²) in [4.78, 5) is 0.256. The van der Waals surface area contributed by atoms with Crippen molar-refractivity contribution in [1.29, 1.82) is 0 Å². The monoisotopic (exact) mass is 309 g/mol. The molecule has 1 heterocycles. The van der Waals surface area contributed by atoms with Crippen molar-refractivity contribution in [3.63, 3.8) is 0 Å². The third kappa shape index (κ3) is 3.83. The second kappa shape index (κ2) is 7.05. The van der Waals surface area contributed by atoms with Gasteiger partial charge in [-0.1, -0.05) is 11.8 Å². The van der Waals surface area contributed by atoms with Crippen LogP contribution >= 0.6 is 0 Å². The van der Waals surface area contributed by atoms with Crippen LogP contribution in [0.2, 0.25) is 0 Å². The molecule has 5 nitrogen and oxygen atoms in total. The molecule has 1 aromatic carbocycles. The number of benzene rings is 1. The minimum Gasteiger partial charge on any atom is -0.384 e. The highest BCUT2D eigenvalue weighted by molar-refractivity contribution is 7.89. The molecule has 1 N–H and O–H groups in total. The molecule has 21 heavy (non-hydrogen) atoms. The smallest absolute Gasteiger partial charge is 0.243 e. The van der Waals surface area contributed by atoms with Gasteiger partial charge in [-0.15, -0.1) is 0 Å². The lowest BCUT2D eigenvalue weighted by Gasteiger charge is -2.30. The van der Waals surface area contributed by atoms with E-state index in [0.717, 1.165) is 12.8 Å². The van der Waals surface area contributed by atoms with Gasteiger partial charge in [0.1, 0.15) is 6.61 Å². The second-order valence-electron chi connectivity index (χ2n) is 4.85. The van der Waals surface area contributed by atoms with Crippen LogP contribution in [-0.4, -0.2) is 50.7 Å². The topological polar surface area (TPSA) is 66.8 Å². The average Bonchev–Trinajstić information content (AvgIpc) is 2.53. The predicted molar refractivity (Wildman–Crippen MR) is 79.2 cm³/mol. The number of ether oxygens (including phenoxy) is 1. The van der Waals surface area contributed by atoms with Crippen molar-refractivity contribution in [2.45, 2.75) is 23.8 Å². The van der Waals surface area contributed by atoms with E-state index < -0.39 is 10.0 Å². The van der Waals surface area contributed by atoms with Gasteiger partial charge in [-0.05, 0) is 37.1 Å². The van der Waals surface area contributed by atoms with Crippen molar-refractivity contribution >= 4 is 10.0 Å². The fourth-order valence-electron chi connectivity index (χ4n) is 2.26. The fraction of sp³-hybridized carbons (Fsp3) is 0.467. The molecule has 114 valence electrons. The summed E-state index contributed by atoms with van der Waals surface area (Å²) in [7, 11) is -1.88. The summed E-state index contributed by atoms with van der Waals surface area (Å²) in [6, 6.07) is 6.37. The summed E-state index contributed by atoms with van der Waals surface area (Å²) in [5.74, 6) is 5.27. The second-order valence-corrected chi connectivity index (χ2v) is 6.85. The van der Waals surface area contributed by atoms with Crippen LogP contribution in [0.3, 0.4) is 0 Å². The molecule has 0 radical (unpaired) electrons. The summed E-state index contributed by atoms with van der Waals surface area (Å²) in [5.41, 5.74) is 0.678. The van der Waals surface area contributed by atoms with Gasteiger partial charge in [-0.25, -0.2) is 8.42 Å². The van der Waals surface area contributed by atoms with Gasteiger partial charge in [0.15, 0.2) is 0 Å². The summed E-state index contributed by atoms with van der Waals surface area (Å²) < 4.78 is 31.8. The number of hydrogen-bond acceptors (Lipinski definition) is 4. The van der Waals surface area contributed by atoms with Crippen molar-refractivity contribution < 1.29 is 18.3 Å². The first-order valence-electron chi connectivity index (χ1n) is 6.81. The molecular formula is C15H19NO4S. The Morgan fingerprint density at radius 1 is 1.29 bits per heavy atom. The van der Waals surface area contributed by atoms with Crippen molar-refractivity contribution in [2.24, 2.45) is 0 Å². The van der Waals surface area contributed by atoms with Crippen LogP contribution in [0.15, 0.2) is 29.2 Å². The van der Waals surface area contributed by atoms with Crippen molar-refractivity contribution in [3.8, 4) is 11.8 Å². The zero-order valence-corrected chi connectivity index (χ0v) is 12.8. The van der Waals surface area contributed by atoms with Crippen molar-refractivity contribution in [1.82, 2.24) is 4.31 Å². The third-order valence-electron chi connectivity index (χ3n) is 3.55. The normalized spacial score (nSPS) is 16.5. The fourth-order valence-corrected chi connectivity index (χ4v) is 3.68. The number of nitrogens with zero attached hydrogens (tertiary/aromatic N) is 1. The van der Waals surface area contributed by atoms with Crippen LogP contribution in [0.25, 0.3) is 0 Å². The molecule has 1 aromatic rings. The van der Waals surface area contributed by atoms with E-state index in [1.807, 2.05) is 0 Å². The number of sulfonamides is 1. The summed E-state index contributed by atoms with van der Waals surface area (Å²) in [6.07, 6.45) is 1.44. The molecule has 1 aliphatic rings. The molecule has 0 aliphatic carbocycles.